The van der Waals surface area contributed by atoms with E-state index in [9.17, 15) is 4.57 Å². The molecule has 1 saturated heterocycles. The molecule has 0 bridgehead atoms. The third-order valence-electron chi connectivity index (χ3n) is 1.31. The molecule has 2 atom stereocenters. The van der Waals surface area contributed by atoms with Gasteiger partial charge in [0, 0.05) is 0 Å². The summed E-state index contributed by atoms with van der Waals surface area (Å²) in [4.78, 5) is 0. The topological polar surface area (TPSA) is 35.5 Å². The summed E-state index contributed by atoms with van der Waals surface area (Å²) < 4.78 is 21.4. The van der Waals surface area contributed by atoms with E-state index in [0.717, 1.165) is 17.8 Å². The first-order chi connectivity index (χ1) is 4.66. The van der Waals surface area contributed by atoms with Crippen LogP contribution < -0.4 is 0 Å². The van der Waals surface area contributed by atoms with E-state index in [-0.39, 0.29) is 6.10 Å². The molecular weight excluding hydrogens is 171 g/mol. The van der Waals surface area contributed by atoms with Crippen molar-refractivity contribution in [2.45, 2.75) is 19.4 Å². The van der Waals surface area contributed by atoms with Crippen LogP contribution in [0.15, 0.2) is 0 Å². The lowest BCUT2D eigenvalue weighted by molar-refractivity contribution is 0.104. The van der Waals surface area contributed by atoms with Gasteiger partial charge in [0.1, 0.15) is 0 Å². The molecule has 5 heteroatoms. The van der Waals surface area contributed by atoms with Crippen LogP contribution in [0.5, 0.6) is 0 Å². The van der Waals surface area contributed by atoms with E-state index in [1.54, 1.807) is 6.26 Å². The van der Waals surface area contributed by atoms with Crippen LogP contribution in [0.3, 0.4) is 0 Å². The van der Waals surface area contributed by atoms with Crippen LogP contribution in [0.1, 0.15) is 13.3 Å². The minimum atomic E-state index is -2.73. The summed E-state index contributed by atoms with van der Waals surface area (Å²) in [6.07, 6.45) is 2.65. The van der Waals surface area contributed by atoms with E-state index >= 15 is 0 Å². The molecule has 0 aromatic heterocycles. The van der Waals surface area contributed by atoms with E-state index in [2.05, 4.69) is 0 Å². The Morgan fingerprint density at radius 2 is 2.40 bits per heavy atom. The molecule has 0 aliphatic carbocycles. The Kier molecular flexibility index (Phi) is 2.81. The molecule has 1 fully saturated rings. The lowest BCUT2D eigenvalue weighted by Crippen LogP contribution is -2.15. The van der Waals surface area contributed by atoms with Gasteiger partial charge in [0.05, 0.1) is 12.7 Å². The summed E-state index contributed by atoms with van der Waals surface area (Å²) in [6, 6.07) is 0. The van der Waals surface area contributed by atoms with E-state index in [4.69, 9.17) is 9.05 Å². The van der Waals surface area contributed by atoms with Crippen LogP contribution >= 0.6 is 18.2 Å². The molecule has 1 aliphatic rings. The highest BCUT2D eigenvalue weighted by atomic mass is 32.7. The van der Waals surface area contributed by atoms with Crippen LogP contribution in [-0.4, -0.2) is 19.0 Å². The third kappa shape index (κ3) is 1.99. The zero-order valence-corrected chi connectivity index (χ0v) is 7.78. The predicted octanol–water partition coefficient (Wildman–Crippen LogP) is 2.28. The third-order valence-corrected chi connectivity index (χ3v) is 4.79. The Bertz CT molecular complexity index is 161. The molecule has 2 unspecified atom stereocenters. The second kappa shape index (κ2) is 3.26. The molecule has 60 valence electrons. The van der Waals surface area contributed by atoms with Gasteiger partial charge < -0.3 is 4.52 Å². The van der Waals surface area contributed by atoms with Crippen molar-refractivity contribution in [1.29, 1.82) is 0 Å². The molecule has 0 amide bonds. The summed E-state index contributed by atoms with van der Waals surface area (Å²) in [5, 5.41) is 0. The average molecular weight is 182 g/mol. The maximum Gasteiger partial charge on any atom is 0.389 e. The molecule has 0 spiro atoms. The van der Waals surface area contributed by atoms with Crippen molar-refractivity contribution in [2.75, 3.05) is 12.9 Å². The molecule has 0 N–H and O–H groups in total. The van der Waals surface area contributed by atoms with Gasteiger partial charge in [0.15, 0.2) is 0 Å². The first kappa shape index (κ1) is 8.60. The van der Waals surface area contributed by atoms with Crippen molar-refractivity contribution in [2.24, 2.45) is 0 Å². The zero-order chi connectivity index (χ0) is 7.61. The second-order valence-electron chi connectivity index (χ2n) is 2.17. The molecule has 0 radical (unpaired) electrons. The summed E-state index contributed by atoms with van der Waals surface area (Å²) in [5.41, 5.74) is 0. The molecule has 1 rings (SSSR count). The number of hydrogen-bond donors (Lipinski definition) is 0. The van der Waals surface area contributed by atoms with Crippen LogP contribution in [0.4, 0.5) is 0 Å². The minimum Gasteiger partial charge on any atom is -0.301 e. The van der Waals surface area contributed by atoms with Gasteiger partial charge in [-0.2, -0.15) is 0 Å². The summed E-state index contributed by atoms with van der Waals surface area (Å²) in [7, 11) is 0. The van der Waals surface area contributed by atoms with Gasteiger partial charge in [0.25, 0.3) is 0 Å². The van der Waals surface area contributed by atoms with Crippen LogP contribution in [0.2, 0.25) is 0 Å². The molecule has 0 aromatic carbocycles. The van der Waals surface area contributed by atoms with Crippen molar-refractivity contribution >= 4 is 18.2 Å². The fraction of sp³-hybridized carbons (Fsp3) is 1.00. The molecule has 3 nitrogen and oxygen atoms in total. The van der Waals surface area contributed by atoms with Gasteiger partial charge in [-0.3, -0.25) is 4.52 Å². The van der Waals surface area contributed by atoms with Crippen molar-refractivity contribution < 1.29 is 13.6 Å². The summed E-state index contributed by atoms with van der Waals surface area (Å²) in [6.45, 7) is -0.271. The van der Waals surface area contributed by atoms with Gasteiger partial charge in [-0.05, 0) is 31.0 Å². The highest BCUT2D eigenvalue weighted by molar-refractivity contribution is 8.54. The number of hydrogen-bond acceptors (Lipinski definition) is 4. The Balaban J connectivity index is 2.54. The van der Waals surface area contributed by atoms with Crippen molar-refractivity contribution in [3.8, 4) is 0 Å². The van der Waals surface area contributed by atoms with E-state index < -0.39 is 6.80 Å². The predicted molar refractivity (Wildman–Crippen MR) is 42.2 cm³/mol. The van der Waals surface area contributed by atoms with Gasteiger partial charge in [-0.1, -0.05) is 0 Å². The first-order valence-electron chi connectivity index (χ1n) is 3.15. The second-order valence-corrected chi connectivity index (χ2v) is 6.33. The normalized spacial score (nSPS) is 41.6. The van der Waals surface area contributed by atoms with E-state index in [0.29, 0.717) is 6.61 Å². The van der Waals surface area contributed by atoms with E-state index in [1.165, 1.54) is 0 Å². The SMILES string of the molecule is CSP1(=O)OCCC(C)O1. The van der Waals surface area contributed by atoms with Crippen LogP contribution in [-0.2, 0) is 13.6 Å². The van der Waals surface area contributed by atoms with E-state index in [1.807, 2.05) is 6.92 Å². The molecule has 1 aliphatic heterocycles. The van der Waals surface area contributed by atoms with Gasteiger partial charge >= 0.3 is 6.80 Å². The van der Waals surface area contributed by atoms with Crippen molar-refractivity contribution in [1.82, 2.24) is 0 Å². The maximum atomic E-state index is 11.3. The largest absolute Gasteiger partial charge is 0.389 e. The Labute approximate surface area is 64.8 Å². The van der Waals surface area contributed by atoms with Crippen molar-refractivity contribution in [3.63, 3.8) is 0 Å². The number of rotatable bonds is 1. The quantitative estimate of drug-likeness (QED) is 0.583. The standard InChI is InChI=1S/C5H11O3PS/c1-5-3-4-7-9(6,8-5)10-2/h5H,3-4H2,1-2H3. The van der Waals surface area contributed by atoms with Crippen LogP contribution in [0.25, 0.3) is 0 Å². The fourth-order valence-corrected chi connectivity index (χ4v) is 3.10. The molecule has 0 aromatic rings. The molecular formula is C5H11O3PS. The highest BCUT2D eigenvalue weighted by Gasteiger charge is 2.30. The Hall–Kier alpha value is 0.500. The summed E-state index contributed by atoms with van der Waals surface area (Å²) >= 11 is 1.16. The monoisotopic (exact) mass is 182 g/mol. The highest BCUT2D eigenvalue weighted by Crippen LogP contribution is 2.61. The average Bonchev–Trinajstić information content (AvgIpc) is 1.88. The lowest BCUT2D eigenvalue weighted by atomic mass is 10.3. The summed E-state index contributed by atoms with van der Waals surface area (Å²) in [5.74, 6) is 0. The minimum absolute atomic E-state index is 0.0760. The zero-order valence-electron chi connectivity index (χ0n) is 6.07. The lowest BCUT2D eigenvalue weighted by Gasteiger charge is -2.25. The van der Waals surface area contributed by atoms with Gasteiger partial charge in [0.2, 0.25) is 0 Å². The fourth-order valence-electron chi connectivity index (χ4n) is 0.730. The molecule has 1 heterocycles. The Morgan fingerprint density at radius 3 is 2.80 bits per heavy atom. The van der Waals surface area contributed by atoms with Crippen LogP contribution in [0, 0.1) is 0 Å². The van der Waals surface area contributed by atoms with Gasteiger partial charge in [-0.25, -0.2) is 4.57 Å². The van der Waals surface area contributed by atoms with Crippen molar-refractivity contribution in [3.05, 3.63) is 0 Å². The van der Waals surface area contributed by atoms with Gasteiger partial charge in [-0.15, -0.1) is 0 Å². The Morgan fingerprint density at radius 1 is 1.70 bits per heavy atom. The first-order valence-corrected chi connectivity index (χ1v) is 6.52. The molecule has 10 heavy (non-hydrogen) atoms. The smallest absolute Gasteiger partial charge is 0.301 e. The maximum absolute atomic E-state index is 11.3. The molecule has 0 saturated carbocycles.